The SMILES string of the molecule is CC(CC(=O)Nc1cccc(N(CC(N)=O)Cc2ccccc2)c1)C(C)(C)C. The average Bonchev–Trinajstić information content (AvgIpc) is 2.61. The van der Waals surface area contributed by atoms with Crippen molar-refractivity contribution in [2.75, 3.05) is 16.8 Å². The van der Waals surface area contributed by atoms with Crippen molar-refractivity contribution in [3.05, 3.63) is 60.2 Å². The number of nitrogens with one attached hydrogen (secondary N) is 1. The quantitative estimate of drug-likeness (QED) is 0.720. The topological polar surface area (TPSA) is 75.4 Å². The maximum atomic E-state index is 12.4. The summed E-state index contributed by atoms with van der Waals surface area (Å²) in [5, 5.41) is 2.98. The van der Waals surface area contributed by atoms with Gasteiger partial charge in [-0.2, -0.15) is 0 Å². The van der Waals surface area contributed by atoms with Gasteiger partial charge in [-0.25, -0.2) is 0 Å². The summed E-state index contributed by atoms with van der Waals surface area (Å²) in [4.78, 5) is 25.9. The summed E-state index contributed by atoms with van der Waals surface area (Å²) in [6.07, 6.45) is 0.461. The molecule has 0 aliphatic carbocycles. The number of nitrogens with two attached hydrogens (primary N) is 1. The van der Waals surface area contributed by atoms with Gasteiger partial charge in [0.15, 0.2) is 0 Å². The van der Waals surface area contributed by atoms with E-state index in [0.717, 1.165) is 11.3 Å². The fourth-order valence-corrected chi connectivity index (χ4v) is 2.81. The maximum absolute atomic E-state index is 12.4. The number of hydrogen-bond acceptors (Lipinski definition) is 3. The van der Waals surface area contributed by atoms with E-state index >= 15 is 0 Å². The molecule has 0 bridgehead atoms. The lowest BCUT2D eigenvalue weighted by Gasteiger charge is -2.27. The van der Waals surface area contributed by atoms with Crippen LogP contribution in [0.1, 0.15) is 39.7 Å². The summed E-state index contributed by atoms with van der Waals surface area (Å²) in [6.45, 7) is 9.16. The molecule has 0 aliphatic rings. The first-order valence-corrected chi connectivity index (χ1v) is 9.62. The standard InChI is InChI=1S/C23H31N3O2/c1-17(23(2,3)4)13-22(28)25-19-11-8-12-20(14-19)26(16-21(24)27)15-18-9-6-5-7-10-18/h5-12,14,17H,13,15-16H2,1-4H3,(H2,24,27)(H,25,28). The number of amides is 2. The Labute approximate surface area is 167 Å². The first kappa shape index (κ1) is 21.5. The van der Waals surface area contributed by atoms with Crippen LogP contribution in [-0.2, 0) is 16.1 Å². The van der Waals surface area contributed by atoms with E-state index in [9.17, 15) is 9.59 Å². The molecule has 2 amide bonds. The number of hydrogen-bond donors (Lipinski definition) is 2. The molecule has 28 heavy (non-hydrogen) atoms. The van der Waals surface area contributed by atoms with Crippen LogP contribution < -0.4 is 16.0 Å². The third-order valence-corrected chi connectivity index (χ3v) is 5.03. The highest BCUT2D eigenvalue weighted by Crippen LogP contribution is 2.28. The number of anilines is 2. The van der Waals surface area contributed by atoms with Crippen LogP contribution in [0, 0.1) is 11.3 Å². The zero-order valence-corrected chi connectivity index (χ0v) is 17.2. The van der Waals surface area contributed by atoms with Crippen LogP contribution in [0.4, 0.5) is 11.4 Å². The summed E-state index contributed by atoms with van der Waals surface area (Å²) >= 11 is 0. The molecular weight excluding hydrogens is 350 g/mol. The zero-order chi connectivity index (χ0) is 20.7. The predicted molar refractivity (Wildman–Crippen MR) is 115 cm³/mol. The average molecular weight is 382 g/mol. The Balaban J connectivity index is 2.13. The van der Waals surface area contributed by atoms with E-state index in [0.29, 0.717) is 18.7 Å². The van der Waals surface area contributed by atoms with Gasteiger partial charge in [0.25, 0.3) is 0 Å². The van der Waals surface area contributed by atoms with Crippen LogP contribution in [-0.4, -0.2) is 18.4 Å². The Morgan fingerprint density at radius 1 is 1.07 bits per heavy atom. The van der Waals surface area contributed by atoms with Crippen LogP contribution >= 0.6 is 0 Å². The monoisotopic (exact) mass is 381 g/mol. The molecule has 0 radical (unpaired) electrons. The molecular formula is C23H31N3O2. The summed E-state index contributed by atoms with van der Waals surface area (Å²) in [5.74, 6) is -0.145. The van der Waals surface area contributed by atoms with Gasteiger partial charge in [-0.15, -0.1) is 0 Å². The summed E-state index contributed by atoms with van der Waals surface area (Å²) in [7, 11) is 0. The van der Waals surface area contributed by atoms with Crippen molar-refractivity contribution in [3.63, 3.8) is 0 Å². The first-order valence-electron chi connectivity index (χ1n) is 9.62. The maximum Gasteiger partial charge on any atom is 0.236 e. The number of benzene rings is 2. The Bertz CT molecular complexity index is 797. The molecule has 2 aromatic rings. The highest BCUT2D eigenvalue weighted by molar-refractivity contribution is 5.91. The van der Waals surface area contributed by atoms with Crippen LogP contribution in [0.15, 0.2) is 54.6 Å². The Hall–Kier alpha value is -2.82. The van der Waals surface area contributed by atoms with Crippen LogP contribution in [0.25, 0.3) is 0 Å². The minimum Gasteiger partial charge on any atom is -0.368 e. The molecule has 0 heterocycles. The van der Waals surface area contributed by atoms with Crippen LogP contribution in [0.2, 0.25) is 0 Å². The van der Waals surface area contributed by atoms with E-state index in [1.807, 2.05) is 59.5 Å². The fourth-order valence-electron chi connectivity index (χ4n) is 2.81. The van der Waals surface area contributed by atoms with Crippen molar-refractivity contribution in [1.29, 1.82) is 0 Å². The van der Waals surface area contributed by atoms with Gasteiger partial charge < -0.3 is 16.0 Å². The molecule has 0 saturated heterocycles. The minimum atomic E-state index is -0.399. The van der Waals surface area contributed by atoms with E-state index in [1.165, 1.54) is 0 Å². The van der Waals surface area contributed by atoms with E-state index in [4.69, 9.17) is 5.73 Å². The van der Waals surface area contributed by atoms with Gasteiger partial charge in [0.2, 0.25) is 11.8 Å². The Morgan fingerprint density at radius 2 is 1.75 bits per heavy atom. The van der Waals surface area contributed by atoms with Crippen LogP contribution in [0.3, 0.4) is 0 Å². The Morgan fingerprint density at radius 3 is 2.36 bits per heavy atom. The molecule has 0 aromatic heterocycles. The molecule has 1 atom stereocenters. The largest absolute Gasteiger partial charge is 0.368 e. The number of carbonyl (C=O) groups is 2. The van der Waals surface area contributed by atoms with E-state index in [2.05, 4.69) is 33.0 Å². The second-order valence-electron chi connectivity index (χ2n) is 8.38. The Kier molecular flexibility index (Phi) is 7.21. The minimum absolute atomic E-state index is 0.0101. The fraction of sp³-hybridized carbons (Fsp3) is 0.391. The molecule has 150 valence electrons. The molecule has 0 aliphatic heterocycles. The molecule has 0 fully saturated rings. The highest BCUT2D eigenvalue weighted by Gasteiger charge is 2.22. The first-order chi connectivity index (χ1) is 13.1. The number of rotatable bonds is 8. The molecule has 0 saturated carbocycles. The summed E-state index contributed by atoms with van der Waals surface area (Å²) in [6, 6.07) is 17.4. The number of carbonyl (C=O) groups excluding carboxylic acids is 2. The summed E-state index contributed by atoms with van der Waals surface area (Å²) in [5.41, 5.74) is 8.16. The zero-order valence-electron chi connectivity index (χ0n) is 17.2. The van der Waals surface area contributed by atoms with Crippen molar-refractivity contribution in [1.82, 2.24) is 0 Å². The lowest BCUT2D eigenvalue weighted by atomic mass is 9.80. The van der Waals surface area contributed by atoms with Gasteiger partial charge in [-0.05, 0) is 35.1 Å². The normalized spacial score (nSPS) is 12.3. The van der Waals surface area contributed by atoms with Gasteiger partial charge >= 0.3 is 0 Å². The van der Waals surface area contributed by atoms with Crippen molar-refractivity contribution in [2.24, 2.45) is 17.1 Å². The van der Waals surface area contributed by atoms with E-state index in [-0.39, 0.29) is 23.8 Å². The van der Waals surface area contributed by atoms with Gasteiger partial charge in [-0.1, -0.05) is 64.1 Å². The van der Waals surface area contributed by atoms with E-state index in [1.54, 1.807) is 0 Å². The molecule has 1 unspecified atom stereocenters. The molecule has 0 spiro atoms. The lowest BCUT2D eigenvalue weighted by molar-refractivity contribution is -0.118. The second-order valence-corrected chi connectivity index (χ2v) is 8.38. The second kappa shape index (κ2) is 9.40. The number of primary amides is 1. The summed E-state index contributed by atoms with van der Waals surface area (Å²) < 4.78 is 0. The van der Waals surface area contributed by atoms with Gasteiger partial charge in [0.05, 0.1) is 6.54 Å². The molecule has 5 nitrogen and oxygen atoms in total. The molecule has 3 N–H and O–H groups in total. The van der Waals surface area contributed by atoms with E-state index < -0.39 is 5.91 Å². The smallest absolute Gasteiger partial charge is 0.236 e. The van der Waals surface area contributed by atoms with Gasteiger partial charge in [-0.3, -0.25) is 9.59 Å². The highest BCUT2D eigenvalue weighted by atomic mass is 16.2. The lowest BCUT2D eigenvalue weighted by Crippen LogP contribution is -2.33. The third kappa shape index (κ3) is 6.72. The number of nitrogens with zero attached hydrogens (tertiary/aromatic N) is 1. The van der Waals surface area contributed by atoms with Crippen molar-refractivity contribution >= 4 is 23.2 Å². The molecule has 2 aromatic carbocycles. The molecule has 2 rings (SSSR count). The van der Waals surface area contributed by atoms with Crippen molar-refractivity contribution in [2.45, 2.75) is 40.7 Å². The van der Waals surface area contributed by atoms with Gasteiger partial charge in [0.1, 0.15) is 0 Å². The van der Waals surface area contributed by atoms with Gasteiger partial charge in [0, 0.05) is 24.3 Å². The van der Waals surface area contributed by atoms with Crippen LogP contribution in [0.5, 0.6) is 0 Å². The van der Waals surface area contributed by atoms with Crippen molar-refractivity contribution < 1.29 is 9.59 Å². The van der Waals surface area contributed by atoms with Crippen molar-refractivity contribution in [3.8, 4) is 0 Å². The molecule has 5 heteroatoms. The predicted octanol–water partition coefficient (Wildman–Crippen LogP) is 4.19. The third-order valence-electron chi connectivity index (χ3n) is 5.03.